The van der Waals surface area contributed by atoms with Gasteiger partial charge in [-0.15, -0.1) is 0 Å². The maximum atomic E-state index is 13.6. The van der Waals surface area contributed by atoms with E-state index in [9.17, 15) is 23.5 Å². The SMILES string of the molecule is O=C(N[C@H](CCc1cc(F)c(Cl)c(F)c1)C(=O)O)OCC1c2ccccc2-c2ccccc21. The topological polar surface area (TPSA) is 75.6 Å². The van der Waals surface area contributed by atoms with Crippen LogP contribution < -0.4 is 5.32 Å². The highest BCUT2D eigenvalue weighted by atomic mass is 35.5. The smallest absolute Gasteiger partial charge is 0.407 e. The third kappa shape index (κ3) is 4.83. The zero-order chi connectivity index (χ0) is 23.5. The molecule has 1 atom stereocenters. The lowest BCUT2D eigenvalue weighted by Gasteiger charge is -2.17. The van der Waals surface area contributed by atoms with Crippen molar-refractivity contribution in [3.05, 3.63) is 94.0 Å². The molecule has 1 aliphatic rings. The van der Waals surface area contributed by atoms with Crippen LogP contribution in [0.5, 0.6) is 0 Å². The van der Waals surface area contributed by atoms with Gasteiger partial charge in [-0.05, 0) is 52.8 Å². The number of fused-ring (bicyclic) bond motifs is 3. The molecular formula is C25H20ClF2NO4. The molecule has 5 nitrogen and oxygen atoms in total. The highest BCUT2D eigenvalue weighted by Crippen LogP contribution is 2.44. The van der Waals surface area contributed by atoms with Crippen molar-refractivity contribution >= 4 is 23.7 Å². The average molecular weight is 472 g/mol. The molecule has 170 valence electrons. The third-order valence-corrected chi connectivity index (χ3v) is 6.06. The number of nitrogens with one attached hydrogen (secondary N) is 1. The van der Waals surface area contributed by atoms with Gasteiger partial charge in [0, 0.05) is 5.92 Å². The predicted molar refractivity (Wildman–Crippen MR) is 119 cm³/mol. The number of carboxylic acid groups (broad SMARTS) is 1. The number of alkyl carbamates (subject to hydrolysis) is 1. The van der Waals surface area contributed by atoms with Gasteiger partial charge < -0.3 is 15.2 Å². The molecule has 1 amide bonds. The number of ether oxygens (including phenoxy) is 1. The summed E-state index contributed by atoms with van der Waals surface area (Å²) in [7, 11) is 0. The zero-order valence-corrected chi connectivity index (χ0v) is 18.1. The summed E-state index contributed by atoms with van der Waals surface area (Å²) in [6.45, 7) is 0.0415. The number of hydrogen-bond acceptors (Lipinski definition) is 3. The van der Waals surface area contributed by atoms with Crippen molar-refractivity contribution in [2.45, 2.75) is 24.8 Å². The van der Waals surface area contributed by atoms with Crippen LogP contribution in [0.3, 0.4) is 0 Å². The minimum absolute atomic E-state index is 0.0195. The quantitative estimate of drug-likeness (QED) is 0.443. The molecule has 2 N–H and O–H groups in total. The van der Waals surface area contributed by atoms with Crippen LogP contribution in [0, 0.1) is 11.6 Å². The van der Waals surface area contributed by atoms with E-state index in [0.29, 0.717) is 0 Å². The Morgan fingerprint density at radius 3 is 2.09 bits per heavy atom. The minimum atomic E-state index is -1.29. The van der Waals surface area contributed by atoms with Gasteiger partial charge in [0.1, 0.15) is 29.3 Å². The standard InChI is InChI=1S/C25H20ClF2NO4/c26-23-20(27)11-14(12-21(23)28)9-10-22(24(30)31)29-25(32)33-13-19-17-7-3-1-5-15(17)16-6-2-4-8-18(16)19/h1-8,11-12,19,22H,9-10,13H2,(H,29,32)(H,30,31)/t22-/m1/s1. The number of hydrogen-bond donors (Lipinski definition) is 2. The van der Waals surface area contributed by atoms with Gasteiger partial charge in [-0.1, -0.05) is 60.1 Å². The molecule has 0 bridgehead atoms. The van der Waals surface area contributed by atoms with Crippen molar-refractivity contribution in [2.75, 3.05) is 6.61 Å². The van der Waals surface area contributed by atoms with E-state index < -0.39 is 34.8 Å². The summed E-state index contributed by atoms with van der Waals surface area (Å²) in [6.07, 6.45) is -0.941. The van der Waals surface area contributed by atoms with E-state index in [-0.39, 0.29) is 30.9 Å². The molecule has 3 aromatic rings. The number of amides is 1. The number of carbonyl (C=O) groups is 2. The monoisotopic (exact) mass is 471 g/mol. The number of aryl methyl sites for hydroxylation is 1. The fraction of sp³-hybridized carbons (Fsp3) is 0.200. The summed E-state index contributed by atoms with van der Waals surface area (Å²) in [5.74, 6) is -3.30. The molecule has 0 aromatic heterocycles. The van der Waals surface area contributed by atoms with Gasteiger partial charge in [0.05, 0.1) is 0 Å². The van der Waals surface area contributed by atoms with E-state index in [1.165, 1.54) is 0 Å². The van der Waals surface area contributed by atoms with Crippen LogP contribution in [0.1, 0.15) is 29.0 Å². The van der Waals surface area contributed by atoms with Crippen LogP contribution in [0.2, 0.25) is 5.02 Å². The number of benzene rings is 3. The van der Waals surface area contributed by atoms with Crippen LogP contribution in [0.15, 0.2) is 60.7 Å². The second kappa shape index (κ2) is 9.58. The highest BCUT2D eigenvalue weighted by Gasteiger charge is 2.29. The van der Waals surface area contributed by atoms with Gasteiger partial charge in [-0.25, -0.2) is 18.4 Å². The van der Waals surface area contributed by atoms with Crippen molar-refractivity contribution < 1.29 is 28.2 Å². The first-order chi connectivity index (χ1) is 15.8. The predicted octanol–water partition coefficient (Wildman–Crippen LogP) is 5.54. The molecule has 0 unspecified atom stereocenters. The van der Waals surface area contributed by atoms with Gasteiger partial charge in [0.25, 0.3) is 0 Å². The maximum absolute atomic E-state index is 13.6. The number of carboxylic acids is 1. The first-order valence-electron chi connectivity index (χ1n) is 10.3. The largest absolute Gasteiger partial charge is 0.480 e. The molecule has 8 heteroatoms. The lowest BCUT2D eigenvalue weighted by molar-refractivity contribution is -0.139. The fourth-order valence-corrected chi connectivity index (χ4v) is 4.21. The Bertz CT molecular complexity index is 1150. The maximum Gasteiger partial charge on any atom is 0.407 e. The van der Waals surface area contributed by atoms with E-state index in [0.717, 1.165) is 34.4 Å². The Hall–Kier alpha value is -3.45. The van der Waals surface area contributed by atoms with Crippen molar-refractivity contribution in [1.82, 2.24) is 5.32 Å². The molecule has 0 aliphatic heterocycles. The fourth-order valence-electron chi connectivity index (χ4n) is 4.10. The van der Waals surface area contributed by atoms with Crippen molar-refractivity contribution in [3.8, 4) is 11.1 Å². The summed E-state index contributed by atoms with van der Waals surface area (Å²) >= 11 is 5.47. The number of carbonyl (C=O) groups excluding carboxylic acids is 1. The van der Waals surface area contributed by atoms with E-state index in [1.54, 1.807) is 0 Å². The Labute approximate surface area is 194 Å². The average Bonchev–Trinajstić information content (AvgIpc) is 3.12. The van der Waals surface area contributed by atoms with Gasteiger partial charge in [0.15, 0.2) is 0 Å². The third-order valence-electron chi connectivity index (χ3n) is 5.70. The normalized spacial score (nSPS) is 13.2. The van der Waals surface area contributed by atoms with Crippen LogP contribution in [0.4, 0.5) is 13.6 Å². The van der Waals surface area contributed by atoms with Crippen LogP contribution in [0.25, 0.3) is 11.1 Å². The molecule has 0 fully saturated rings. The van der Waals surface area contributed by atoms with E-state index in [1.807, 2.05) is 48.5 Å². The van der Waals surface area contributed by atoms with E-state index >= 15 is 0 Å². The molecule has 0 heterocycles. The molecule has 33 heavy (non-hydrogen) atoms. The summed E-state index contributed by atoms with van der Waals surface area (Å²) in [4.78, 5) is 24.0. The summed E-state index contributed by atoms with van der Waals surface area (Å²) in [5.41, 5.74) is 4.46. The summed E-state index contributed by atoms with van der Waals surface area (Å²) in [6, 6.07) is 16.5. The lowest BCUT2D eigenvalue weighted by Crippen LogP contribution is -2.41. The van der Waals surface area contributed by atoms with Crippen molar-refractivity contribution in [1.29, 1.82) is 0 Å². The highest BCUT2D eigenvalue weighted by molar-refractivity contribution is 6.30. The molecule has 0 saturated heterocycles. The summed E-state index contributed by atoms with van der Waals surface area (Å²) < 4.78 is 32.6. The number of aliphatic carboxylic acids is 1. The zero-order valence-electron chi connectivity index (χ0n) is 17.4. The van der Waals surface area contributed by atoms with Gasteiger partial charge in [0.2, 0.25) is 0 Å². The van der Waals surface area contributed by atoms with Crippen LogP contribution >= 0.6 is 11.6 Å². The minimum Gasteiger partial charge on any atom is -0.480 e. The molecule has 0 radical (unpaired) electrons. The van der Waals surface area contributed by atoms with Gasteiger partial charge in [-0.3, -0.25) is 0 Å². The van der Waals surface area contributed by atoms with Gasteiger partial charge in [-0.2, -0.15) is 0 Å². The molecule has 0 spiro atoms. The Balaban J connectivity index is 1.39. The second-order valence-electron chi connectivity index (χ2n) is 7.77. The number of halogens is 3. The Kier molecular flexibility index (Phi) is 6.60. The molecule has 3 aromatic carbocycles. The second-order valence-corrected chi connectivity index (χ2v) is 8.15. The van der Waals surface area contributed by atoms with Crippen LogP contribution in [-0.2, 0) is 16.0 Å². The van der Waals surface area contributed by atoms with Crippen LogP contribution in [-0.4, -0.2) is 29.8 Å². The van der Waals surface area contributed by atoms with E-state index in [2.05, 4.69) is 5.32 Å². The first kappa shape index (κ1) is 22.7. The Morgan fingerprint density at radius 2 is 1.55 bits per heavy atom. The lowest BCUT2D eigenvalue weighted by atomic mass is 9.98. The molecule has 1 aliphatic carbocycles. The summed E-state index contributed by atoms with van der Waals surface area (Å²) in [5, 5.41) is 11.2. The molecule has 0 saturated carbocycles. The molecular weight excluding hydrogens is 452 g/mol. The number of rotatable bonds is 7. The Morgan fingerprint density at radius 1 is 1.00 bits per heavy atom. The molecule has 4 rings (SSSR count). The van der Waals surface area contributed by atoms with Crippen molar-refractivity contribution in [2.24, 2.45) is 0 Å². The van der Waals surface area contributed by atoms with E-state index in [4.69, 9.17) is 16.3 Å². The van der Waals surface area contributed by atoms with Crippen molar-refractivity contribution in [3.63, 3.8) is 0 Å². The van der Waals surface area contributed by atoms with Gasteiger partial charge >= 0.3 is 12.1 Å². The first-order valence-corrected chi connectivity index (χ1v) is 10.7.